The third-order valence-corrected chi connectivity index (χ3v) is 4.39. The summed E-state index contributed by atoms with van der Waals surface area (Å²) in [5, 5.41) is 3.91. The summed E-state index contributed by atoms with van der Waals surface area (Å²) >= 11 is 0. The third-order valence-electron chi connectivity index (χ3n) is 4.39. The van der Waals surface area contributed by atoms with E-state index in [1.54, 1.807) is 11.6 Å². The molecule has 6 nitrogen and oxygen atoms in total. The minimum atomic E-state index is -0.231. The van der Waals surface area contributed by atoms with Gasteiger partial charge >= 0.3 is 5.69 Å². The normalized spacial score (nSPS) is 11.3. The maximum Gasteiger partial charge on any atom is 0.329 e. The first-order valence-corrected chi connectivity index (χ1v) is 8.06. The molecule has 0 aliphatic carbocycles. The molecule has 0 bridgehead atoms. The molecule has 126 valence electrons. The van der Waals surface area contributed by atoms with Crippen molar-refractivity contribution < 1.29 is 4.79 Å². The molecule has 4 rings (SSSR count). The Balaban J connectivity index is 1.61. The standard InChI is InChI=1S/C19H18N4O2/c1-12-9-13-10-14(7-8-15(13)20-12)21-18(24)11-23-17-6-4-3-5-16(17)22(2)19(23)25/h3-10,20H,11H2,1-2H3,(H,21,24). The zero-order chi connectivity index (χ0) is 17.6. The number of H-pyrrole nitrogens is 1. The lowest BCUT2D eigenvalue weighted by molar-refractivity contribution is -0.116. The van der Waals surface area contributed by atoms with Crippen LogP contribution in [0.4, 0.5) is 5.69 Å². The van der Waals surface area contributed by atoms with Crippen molar-refractivity contribution in [2.45, 2.75) is 13.5 Å². The average Bonchev–Trinajstić information content (AvgIpc) is 3.07. The van der Waals surface area contributed by atoms with E-state index < -0.39 is 0 Å². The van der Waals surface area contributed by atoms with Crippen LogP contribution in [0.25, 0.3) is 21.9 Å². The second-order valence-electron chi connectivity index (χ2n) is 6.22. The van der Waals surface area contributed by atoms with Crippen molar-refractivity contribution >= 4 is 33.5 Å². The van der Waals surface area contributed by atoms with Crippen LogP contribution in [-0.4, -0.2) is 20.0 Å². The number of benzene rings is 2. The minimum Gasteiger partial charge on any atom is -0.359 e. The van der Waals surface area contributed by atoms with Gasteiger partial charge in [0, 0.05) is 29.3 Å². The van der Waals surface area contributed by atoms with Crippen LogP contribution in [0.3, 0.4) is 0 Å². The number of anilines is 1. The molecule has 2 N–H and O–H groups in total. The summed E-state index contributed by atoms with van der Waals surface area (Å²) in [6, 6.07) is 15.2. The molecule has 0 saturated heterocycles. The van der Waals surface area contributed by atoms with Crippen LogP contribution in [0.1, 0.15) is 5.69 Å². The number of aryl methyl sites for hydroxylation is 2. The molecule has 0 fully saturated rings. The molecular formula is C19H18N4O2. The van der Waals surface area contributed by atoms with Crippen LogP contribution < -0.4 is 11.0 Å². The highest BCUT2D eigenvalue weighted by Gasteiger charge is 2.13. The van der Waals surface area contributed by atoms with Gasteiger partial charge in [-0.15, -0.1) is 0 Å². The van der Waals surface area contributed by atoms with Crippen LogP contribution in [0.15, 0.2) is 53.3 Å². The van der Waals surface area contributed by atoms with Crippen molar-refractivity contribution in [3.63, 3.8) is 0 Å². The van der Waals surface area contributed by atoms with Gasteiger partial charge in [-0.3, -0.25) is 13.9 Å². The van der Waals surface area contributed by atoms with E-state index in [2.05, 4.69) is 10.3 Å². The average molecular weight is 334 g/mol. The lowest BCUT2D eigenvalue weighted by atomic mass is 10.2. The van der Waals surface area contributed by atoms with Crippen LogP contribution in [0.5, 0.6) is 0 Å². The van der Waals surface area contributed by atoms with E-state index in [4.69, 9.17) is 0 Å². The van der Waals surface area contributed by atoms with E-state index in [1.807, 2.05) is 55.5 Å². The number of nitrogens with zero attached hydrogens (tertiary/aromatic N) is 2. The number of para-hydroxylation sites is 2. The molecule has 2 heterocycles. The Bertz CT molecular complexity index is 1160. The number of aromatic nitrogens is 3. The smallest absolute Gasteiger partial charge is 0.329 e. The molecule has 6 heteroatoms. The summed E-state index contributed by atoms with van der Waals surface area (Å²) in [6.07, 6.45) is 0. The quantitative estimate of drug-likeness (QED) is 0.605. The summed E-state index contributed by atoms with van der Waals surface area (Å²) in [5.74, 6) is -0.231. The van der Waals surface area contributed by atoms with Crippen molar-refractivity contribution in [3.05, 3.63) is 64.7 Å². The summed E-state index contributed by atoms with van der Waals surface area (Å²) in [4.78, 5) is 28.1. The van der Waals surface area contributed by atoms with Crippen LogP contribution in [0.2, 0.25) is 0 Å². The first-order valence-electron chi connectivity index (χ1n) is 8.06. The molecule has 0 spiro atoms. The molecule has 4 aromatic rings. The van der Waals surface area contributed by atoms with E-state index in [1.165, 1.54) is 4.57 Å². The molecule has 1 amide bonds. The minimum absolute atomic E-state index is 0.0234. The highest BCUT2D eigenvalue weighted by molar-refractivity contribution is 5.94. The number of fused-ring (bicyclic) bond motifs is 2. The first-order chi connectivity index (χ1) is 12.0. The second kappa shape index (κ2) is 5.66. The largest absolute Gasteiger partial charge is 0.359 e. The topological polar surface area (TPSA) is 71.8 Å². The molecule has 0 saturated carbocycles. The Labute approximate surface area is 143 Å². The third kappa shape index (κ3) is 2.61. The Morgan fingerprint density at radius 2 is 1.88 bits per heavy atom. The Kier molecular flexibility index (Phi) is 3.46. The van der Waals surface area contributed by atoms with Gasteiger partial charge in [-0.25, -0.2) is 4.79 Å². The summed E-state index contributed by atoms with van der Waals surface area (Å²) in [7, 11) is 1.71. The Hall–Kier alpha value is -3.28. The van der Waals surface area contributed by atoms with Gasteiger partial charge in [0.15, 0.2) is 0 Å². The fourth-order valence-corrected chi connectivity index (χ4v) is 3.22. The number of nitrogens with one attached hydrogen (secondary N) is 2. The zero-order valence-electron chi connectivity index (χ0n) is 14.0. The van der Waals surface area contributed by atoms with Gasteiger partial charge in [-0.1, -0.05) is 12.1 Å². The van der Waals surface area contributed by atoms with Crippen LogP contribution in [-0.2, 0) is 18.4 Å². The molecular weight excluding hydrogens is 316 g/mol. The highest BCUT2D eigenvalue weighted by atomic mass is 16.2. The van der Waals surface area contributed by atoms with Crippen molar-refractivity contribution in [1.82, 2.24) is 14.1 Å². The van der Waals surface area contributed by atoms with Gasteiger partial charge in [0.2, 0.25) is 5.91 Å². The van der Waals surface area contributed by atoms with Gasteiger partial charge in [0.1, 0.15) is 6.54 Å². The Morgan fingerprint density at radius 1 is 1.12 bits per heavy atom. The van der Waals surface area contributed by atoms with E-state index in [-0.39, 0.29) is 18.1 Å². The van der Waals surface area contributed by atoms with Crippen molar-refractivity contribution in [3.8, 4) is 0 Å². The number of carbonyl (C=O) groups excluding carboxylic acids is 1. The molecule has 0 unspecified atom stereocenters. The maximum absolute atomic E-state index is 12.4. The molecule has 0 atom stereocenters. The van der Waals surface area contributed by atoms with E-state index in [9.17, 15) is 9.59 Å². The SMILES string of the molecule is Cc1cc2cc(NC(=O)Cn3c(=O)n(C)c4ccccc43)ccc2[nH]1. The van der Waals surface area contributed by atoms with Gasteiger partial charge in [-0.2, -0.15) is 0 Å². The number of hydrogen-bond donors (Lipinski definition) is 2. The molecule has 0 aliphatic heterocycles. The number of hydrogen-bond acceptors (Lipinski definition) is 2. The van der Waals surface area contributed by atoms with Gasteiger partial charge in [0.25, 0.3) is 0 Å². The summed E-state index contributed by atoms with van der Waals surface area (Å²) in [6.45, 7) is 1.97. The number of amides is 1. The fraction of sp³-hybridized carbons (Fsp3) is 0.158. The molecule has 0 radical (unpaired) electrons. The number of imidazole rings is 1. The second-order valence-corrected chi connectivity index (χ2v) is 6.22. The Morgan fingerprint density at radius 3 is 2.68 bits per heavy atom. The summed E-state index contributed by atoms with van der Waals surface area (Å²) in [5.41, 5.74) is 4.17. The predicted octanol–water partition coefficient (Wildman–Crippen LogP) is 2.77. The van der Waals surface area contributed by atoms with E-state index in [0.717, 1.165) is 27.6 Å². The molecule has 25 heavy (non-hydrogen) atoms. The molecule has 2 aromatic heterocycles. The lowest BCUT2D eigenvalue weighted by Crippen LogP contribution is -2.28. The van der Waals surface area contributed by atoms with E-state index >= 15 is 0 Å². The molecule has 0 aliphatic rings. The van der Waals surface area contributed by atoms with Crippen molar-refractivity contribution in [2.75, 3.05) is 5.32 Å². The number of rotatable bonds is 3. The maximum atomic E-state index is 12.4. The lowest BCUT2D eigenvalue weighted by Gasteiger charge is -2.06. The fourth-order valence-electron chi connectivity index (χ4n) is 3.22. The van der Waals surface area contributed by atoms with Crippen molar-refractivity contribution in [1.29, 1.82) is 0 Å². The highest BCUT2D eigenvalue weighted by Crippen LogP contribution is 2.20. The van der Waals surface area contributed by atoms with Crippen LogP contribution in [0, 0.1) is 6.92 Å². The molecule has 2 aromatic carbocycles. The zero-order valence-corrected chi connectivity index (χ0v) is 14.0. The first kappa shape index (κ1) is 15.3. The summed E-state index contributed by atoms with van der Waals surface area (Å²) < 4.78 is 3.04. The van der Waals surface area contributed by atoms with Crippen LogP contribution >= 0.6 is 0 Å². The monoisotopic (exact) mass is 334 g/mol. The van der Waals surface area contributed by atoms with E-state index in [0.29, 0.717) is 5.69 Å². The van der Waals surface area contributed by atoms with Gasteiger partial charge < -0.3 is 10.3 Å². The van der Waals surface area contributed by atoms with Gasteiger partial charge in [-0.05, 0) is 43.3 Å². The van der Waals surface area contributed by atoms with Crippen molar-refractivity contribution in [2.24, 2.45) is 7.05 Å². The predicted molar refractivity (Wildman–Crippen MR) is 98.8 cm³/mol. The number of aromatic amines is 1. The number of carbonyl (C=O) groups is 1. The van der Waals surface area contributed by atoms with Gasteiger partial charge in [0.05, 0.1) is 11.0 Å².